The van der Waals surface area contributed by atoms with Crippen LogP contribution in [0, 0.1) is 17.7 Å². The monoisotopic (exact) mass is 283 g/mol. The molecule has 0 spiro atoms. The smallest absolute Gasteiger partial charge is 0.239 e. The maximum Gasteiger partial charge on any atom is 0.239 e. The average molecular weight is 283 g/mol. The molecule has 1 rings (SSSR count). The lowest BCUT2D eigenvalue weighted by Crippen LogP contribution is -2.30. The molecule has 20 heavy (non-hydrogen) atoms. The Balaban J connectivity index is 2.89. The van der Waals surface area contributed by atoms with Gasteiger partial charge in [0.25, 0.3) is 0 Å². The summed E-state index contributed by atoms with van der Waals surface area (Å²) in [5, 5.41) is 0. The highest BCUT2D eigenvalue weighted by atomic mass is 19.1. The van der Waals surface area contributed by atoms with Crippen LogP contribution >= 0.6 is 0 Å². The van der Waals surface area contributed by atoms with Crippen LogP contribution in [0.1, 0.15) is 40.5 Å². The minimum atomic E-state index is -0.406. The molecule has 0 aromatic carbocycles. The maximum atomic E-state index is 14.0. The molecule has 0 amide bonds. The summed E-state index contributed by atoms with van der Waals surface area (Å²) in [7, 11) is 0. The third kappa shape index (κ3) is 5.28. The predicted octanol–water partition coefficient (Wildman–Crippen LogP) is 2.80. The quantitative estimate of drug-likeness (QED) is 0.567. The standard InChI is InChI=1S/C14H26FN5/c1-10(2)5-7-20(8-6-11(3)4)13-12(15)9-17-14(18-13)19-16/h9-11H,5-8,16H2,1-4H3,(H,17,18,19). The number of hydrazine groups is 1. The summed E-state index contributed by atoms with van der Waals surface area (Å²) >= 11 is 0. The van der Waals surface area contributed by atoms with Crippen molar-refractivity contribution in [1.82, 2.24) is 9.97 Å². The third-order valence-electron chi connectivity index (χ3n) is 3.11. The first-order valence-corrected chi connectivity index (χ1v) is 7.18. The molecule has 5 nitrogen and oxygen atoms in total. The molecule has 0 saturated heterocycles. The molecule has 0 unspecified atom stereocenters. The summed E-state index contributed by atoms with van der Waals surface area (Å²) in [6, 6.07) is 0. The van der Waals surface area contributed by atoms with Gasteiger partial charge in [-0.3, -0.25) is 5.43 Å². The van der Waals surface area contributed by atoms with Crippen molar-refractivity contribution in [2.75, 3.05) is 23.4 Å². The van der Waals surface area contributed by atoms with E-state index >= 15 is 0 Å². The summed E-state index contributed by atoms with van der Waals surface area (Å²) in [5.41, 5.74) is 2.36. The van der Waals surface area contributed by atoms with Gasteiger partial charge in [-0.2, -0.15) is 4.98 Å². The topological polar surface area (TPSA) is 67.1 Å². The van der Waals surface area contributed by atoms with Crippen molar-refractivity contribution in [3.05, 3.63) is 12.0 Å². The minimum Gasteiger partial charge on any atom is -0.354 e. The summed E-state index contributed by atoms with van der Waals surface area (Å²) < 4.78 is 14.0. The second kappa shape index (κ2) is 7.99. The van der Waals surface area contributed by atoms with Gasteiger partial charge < -0.3 is 4.90 Å². The van der Waals surface area contributed by atoms with Gasteiger partial charge in [0.05, 0.1) is 6.20 Å². The number of halogens is 1. The van der Waals surface area contributed by atoms with E-state index in [0.29, 0.717) is 17.7 Å². The number of hydrogen-bond acceptors (Lipinski definition) is 5. The van der Waals surface area contributed by atoms with Gasteiger partial charge in [-0.25, -0.2) is 15.2 Å². The molecule has 1 heterocycles. The molecule has 0 fully saturated rings. The van der Waals surface area contributed by atoms with Crippen LogP contribution in [0.4, 0.5) is 16.2 Å². The number of anilines is 2. The number of aromatic nitrogens is 2. The van der Waals surface area contributed by atoms with Gasteiger partial charge in [0, 0.05) is 13.1 Å². The van der Waals surface area contributed by atoms with Gasteiger partial charge in [0.1, 0.15) is 0 Å². The van der Waals surface area contributed by atoms with Crippen LogP contribution in [0.15, 0.2) is 6.20 Å². The Bertz CT molecular complexity index is 397. The fourth-order valence-corrected chi connectivity index (χ4v) is 1.80. The van der Waals surface area contributed by atoms with Crippen molar-refractivity contribution >= 4 is 11.8 Å². The second-order valence-corrected chi connectivity index (χ2v) is 5.86. The summed E-state index contributed by atoms with van der Waals surface area (Å²) in [4.78, 5) is 9.92. The van der Waals surface area contributed by atoms with Crippen molar-refractivity contribution in [2.45, 2.75) is 40.5 Å². The van der Waals surface area contributed by atoms with E-state index in [4.69, 9.17) is 5.84 Å². The van der Waals surface area contributed by atoms with E-state index in [1.807, 2.05) is 4.90 Å². The van der Waals surface area contributed by atoms with Crippen molar-refractivity contribution in [3.63, 3.8) is 0 Å². The van der Waals surface area contributed by atoms with E-state index < -0.39 is 5.82 Å². The van der Waals surface area contributed by atoms with Gasteiger partial charge in [-0.1, -0.05) is 27.7 Å². The zero-order valence-electron chi connectivity index (χ0n) is 12.9. The van der Waals surface area contributed by atoms with Crippen molar-refractivity contribution in [1.29, 1.82) is 0 Å². The summed E-state index contributed by atoms with van der Waals surface area (Å²) in [5.74, 6) is 6.58. The van der Waals surface area contributed by atoms with Gasteiger partial charge in [-0.15, -0.1) is 0 Å². The zero-order chi connectivity index (χ0) is 15.1. The van der Waals surface area contributed by atoms with Crippen molar-refractivity contribution in [2.24, 2.45) is 17.7 Å². The molecular weight excluding hydrogens is 257 g/mol. The number of nitrogens with one attached hydrogen (secondary N) is 1. The molecule has 0 bridgehead atoms. The summed E-state index contributed by atoms with van der Waals surface area (Å²) in [6.45, 7) is 10.2. The summed E-state index contributed by atoms with van der Waals surface area (Å²) in [6.07, 6.45) is 3.15. The first-order chi connectivity index (χ1) is 9.43. The second-order valence-electron chi connectivity index (χ2n) is 5.86. The van der Waals surface area contributed by atoms with Crippen LogP contribution in [0.2, 0.25) is 0 Å². The zero-order valence-corrected chi connectivity index (χ0v) is 12.9. The van der Waals surface area contributed by atoms with E-state index in [0.717, 1.165) is 32.1 Å². The largest absolute Gasteiger partial charge is 0.354 e. The SMILES string of the molecule is CC(C)CCN(CCC(C)C)c1nc(NN)ncc1F. The van der Waals surface area contributed by atoms with Crippen LogP contribution in [0.3, 0.4) is 0 Å². The first kappa shape index (κ1) is 16.6. The van der Waals surface area contributed by atoms with Crippen LogP contribution in [-0.2, 0) is 0 Å². The number of hydrogen-bond donors (Lipinski definition) is 2. The number of nitrogens with two attached hydrogens (primary N) is 1. The normalized spacial score (nSPS) is 11.2. The molecular formula is C14H26FN5. The van der Waals surface area contributed by atoms with E-state index in [1.165, 1.54) is 0 Å². The fraction of sp³-hybridized carbons (Fsp3) is 0.714. The maximum absolute atomic E-state index is 14.0. The first-order valence-electron chi connectivity index (χ1n) is 7.18. The third-order valence-corrected chi connectivity index (χ3v) is 3.11. The molecule has 0 aliphatic carbocycles. The van der Waals surface area contributed by atoms with Gasteiger partial charge in [0.2, 0.25) is 5.95 Å². The van der Waals surface area contributed by atoms with E-state index in [-0.39, 0.29) is 5.95 Å². The van der Waals surface area contributed by atoms with Gasteiger partial charge in [0.15, 0.2) is 11.6 Å². The van der Waals surface area contributed by atoms with Crippen molar-refractivity contribution < 1.29 is 4.39 Å². The Hall–Kier alpha value is -1.43. The van der Waals surface area contributed by atoms with Crippen LogP contribution < -0.4 is 16.2 Å². The van der Waals surface area contributed by atoms with E-state index in [9.17, 15) is 4.39 Å². The molecule has 114 valence electrons. The number of rotatable bonds is 8. The van der Waals surface area contributed by atoms with Crippen LogP contribution in [0.5, 0.6) is 0 Å². The highest BCUT2D eigenvalue weighted by Crippen LogP contribution is 2.19. The van der Waals surface area contributed by atoms with Gasteiger partial charge in [-0.05, 0) is 24.7 Å². The molecule has 6 heteroatoms. The highest BCUT2D eigenvalue weighted by Gasteiger charge is 2.15. The molecule has 3 N–H and O–H groups in total. The van der Waals surface area contributed by atoms with Gasteiger partial charge >= 0.3 is 0 Å². The molecule has 0 radical (unpaired) electrons. The lowest BCUT2D eigenvalue weighted by atomic mass is 10.1. The average Bonchev–Trinajstić information content (AvgIpc) is 2.39. The molecule has 0 aliphatic heterocycles. The predicted molar refractivity (Wildman–Crippen MR) is 80.9 cm³/mol. The van der Waals surface area contributed by atoms with Crippen LogP contribution in [0.25, 0.3) is 0 Å². The Kier molecular flexibility index (Phi) is 6.64. The lowest BCUT2D eigenvalue weighted by molar-refractivity contribution is 0.521. The Morgan fingerprint density at radius 1 is 1.20 bits per heavy atom. The molecule has 1 aromatic rings. The minimum absolute atomic E-state index is 0.237. The Morgan fingerprint density at radius 2 is 1.75 bits per heavy atom. The molecule has 0 atom stereocenters. The fourth-order valence-electron chi connectivity index (χ4n) is 1.80. The Morgan fingerprint density at radius 3 is 2.20 bits per heavy atom. The number of nitrogen functional groups attached to an aromatic ring is 1. The molecule has 0 saturated carbocycles. The van der Waals surface area contributed by atoms with Crippen LogP contribution in [-0.4, -0.2) is 23.1 Å². The molecule has 0 aliphatic rings. The molecule has 1 aromatic heterocycles. The number of nitrogens with zero attached hydrogens (tertiary/aromatic N) is 3. The van der Waals surface area contributed by atoms with Crippen molar-refractivity contribution in [3.8, 4) is 0 Å². The van der Waals surface area contributed by atoms with E-state index in [1.54, 1.807) is 0 Å². The van der Waals surface area contributed by atoms with E-state index in [2.05, 4.69) is 43.1 Å². The highest BCUT2D eigenvalue weighted by molar-refractivity contribution is 5.43. The lowest BCUT2D eigenvalue weighted by Gasteiger charge is -2.26. The Labute approximate surface area is 120 Å².